The zero-order chi connectivity index (χ0) is 24.0. The van der Waals surface area contributed by atoms with Gasteiger partial charge in [-0.3, -0.25) is 9.52 Å². The second kappa shape index (κ2) is 10.2. The number of aryl methyl sites for hydroxylation is 2. The van der Waals surface area contributed by atoms with Crippen molar-refractivity contribution in [1.82, 2.24) is 4.90 Å². The Bertz CT molecular complexity index is 1310. The highest BCUT2D eigenvalue weighted by Crippen LogP contribution is 2.20. The summed E-state index contributed by atoms with van der Waals surface area (Å²) in [6.07, 6.45) is 1.65. The molecule has 0 saturated heterocycles. The molecule has 3 aromatic carbocycles. The summed E-state index contributed by atoms with van der Waals surface area (Å²) in [7, 11) is -3.74. The fourth-order valence-corrected chi connectivity index (χ4v) is 4.38. The van der Waals surface area contributed by atoms with Crippen molar-refractivity contribution in [2.45, 2.75) is 25.3 Å². The summed E-state index contributed by atoms with van der Waals surface area (Å²) >= 11 is 0. The summed E-state index contributed by atoms with van der Waals surface area (Å²) in [5.74, 6) is -0.206. The second-order valence-corrected chi connectivity index (χ2v) is 9.39. The zero-order valence-electron chi connectivity index (χ0n) is 18.6. The van der Waals surface area contributed by atoms with Crippen molar-refractivity contribution in [3.63, 3.8) is 0 Å². The van der Waals surface area contributed by atoms with E-state index in [2.05, 4.69) is 17.4 Å². The molecule has 0 bridgehead atoms. The lowest BCUT2D eigenvalue weighted by molar-refractivity contribution is 0.0762. The Hall–Kier alpha value is -3.89. The van der Waals surface area contributed by atoms with Crippen LogP contribution in [-0.2, 0) is 16.6 Å². The number of anilines is 1. The Kier molecular flexibility index (Phi) is 7.31. The molecule has 0 aliphatic rings. The van der Waals surface area contributed by atoms with Gasteiger partial charge in [0.2, 0.25) is 0 Å². The first kappa shape index (κ1) is 23.8. The molecule has 0 saturated carbocycles. The predicted molar refractivity (Wildman–Crippen MR) is 129 cm³/mol. The molecule has 0 heterocycles. The lowest BCUT2D eigenvalue weighted by atomic mass is 10.1. The zero-order valence-corrected chi connectivity index (χ0v) is 19.4. The Morgan fingerprint density at radius 1 is 1.03 bits per heavy atom. The SMILES string of the molecule is C=CCN(Cc1ccc(C#N)cc1)C(=O)c1ccc(NS(=O)(=O)c2ccc(C)c(C)c2)cc1. The number of rotatable bonds is 8. The van der Waals surface area contributed by atoms with Crippen LogP contribution in [-0.4, -0.2) is 25.8 Å². The number of sulfonamides is 1. The monoisotopic (exact) mass is 459 g/mol. The molecule has 3 aromatic rings. The number of carbonyl (C=O) groups is 1. The van der Waals surface area contributed by atoms with E-state index in [0.29, 0.717) is 29.9 Å². The fourth-order valence-electron chi connectivity index (χ4n) is 3.24. The largest absolute Gasteiger partial charge is 0.331 e. The van der Waals surface area contributed by atoms with E-state index in [4.69, 9.17) is 5.26 Å². The van der Waals surface area contributed by atoms with E-state index in [-0.39, 0.29) is 10.8 Å². The standard InChI is InChI=1S/C26H25N3O3S/c1-4-15-29(18-22-8-6-21(17-27)7-9-22)26(30)23-10-12-24(13-11-23)28-33(31,32)25-14-5-19(2)20(3)16-25/h4-14,16,28H,1,15,18H2,2-3H3. The minimum absolute atomic E-state index is 0.185. The molecule has 0 atom stereocenters. The van der Waals surface area contributed by atoms with Crippen molar-refractivity contribution in [1.29, 1.82) is 5.26 Å². The van der Waals surface area contributed by atoms with Gasteiger partial charge < -0.3 is 4.90 Å². The van der Waals surface area contributed by atoms with Gasteiger partial charge in [-0.2, -0.15) is 5.26 Å². The van der Waals surface area contributed by atoms with Crippen LogP contribution < -0.4 is 4.72 Å². The molecule has 0 aliphatic carbocycles. The molecular weight excluding hydrogens is 434 g/mol. The maximum Gasteiger partial charge on any atom is 0.261 e. The lowest BCUT2D eigenvalue weighted by Gasteiger charge is -2.21. The van der Waals surface area contributed by atoms with Crippen molar-refractivity contribution in [3.8, 4) is 6.07 Å². The van der Waals surface area contributed by atoms with Gasteiger partial charge in [0.1, 0.15) is 0 Å². The van der Waals surface area contributed by atoms with Gasteiger partial charge in [0.15, 0.2) is 0 Å². The summed E-state index contributed by atoms with van der Waals surface area (Å²) in [6.45, 7) is 8.22. The molecule has 168 valence electrons. The van der Waals surface area contributed by atoms with Gasteiger partial charge in [0.05, 0.1) is 16.5 Å². The van der Waals surface area contributed by atoms with Gasteiger partial charge in [-0.25, -0.2) is 8.42 Å². The minimum Gasteiger partial charge on any atom is -0.331 e. The smallest absolute Gasteiger partial charge is 0.261 e. The average molecular weight is 460 g/mol. The third kappa shape index (κ3) is 5.88. The van der Waals surface area contributed by atoms with Gasteiger partial charge in [-0.15, -0.1) is 6.58 Å². The van der Waals surface area contributed by atoms with Gasteiger partial charge in [-0.1, -0.05) is 24.3 Å². The van der Waals surface area contributed by atoms with E-state index in [1.54, 1.807) is 65.6 Å². The number of nitriles is 1. The highest BCUT2D eigenvalue weighted by molar-refractivity contribution is 7.92. The summed E-state index contributed by atoms with van der Waals surface area (Å²) < 4.78 is 28.0. The Morgan fingerprint density at radius 2 is 1.70 bits per heavy atom. The number of hydrogen-bond donors (Lipinski definition) is 1. The van der Waals surface area contributed by atoms with Crippen LogP contribution in [0.5, 0.6) is 0 Å². The molecule has 33 heavy (non-hydrogen) atoms. The molecule has 0 fully saturated rings. The molecule has 7 heteroatoms. The number of nitrogens with zero attached hydrogens (tertiary/aromatic N) is 2. The van der Waals surface area contributed by atoms with Gasteiger partial charge in [0, 0.05) is 24.3 Å². The second-order valence-electron chi connectivity index (χ2n) is 7.71. The molecular formula is C26H25N3O3S. The van der Waals surface area contributed by atoms with Crippen molar-refractivity contribution in [3.05, 3.63) is 107 Å². The molecule has 0 radical (unpaired) electrons. The van der Waals surface area contributed by atoms with Crippen LogP contribution in [0.1, 0.15) is 32.6 Å². The van der Waals surface area contributed by atoms with Crippen molar-refractivity contribution in [2.75, 3.05) is 11.3 Å². The first-order valence-corrected chi connectivity index (χ1v) is 11.8. The summed E-state index contributed by atoms with van der Waals surface area (Å²) in [4.78, 5) is 14.8. The lowest BCUT2D eigenvalue weighted by Crippen LogP contribution is -2.30. The van der Waals surface area contributed by atoms with Crippen molar-refractivity contribution in [2.24, 2.45) is 0 Å². The van der Waals surface area contributed by atoms with Crippen molar-refractivity contribution < 1.29 is 13.2 Å². The van der Waals surface area contributed by atoms with Crippen LogP contribution >= 0.6 is 0 Å². The third-order valence-electron chi connectivity index (χ3n) is 5.27. The van der Waals surface area contributed by atoms with Crippen LogP contribution in [0, 0.1) is 25.2 Å². The number of amides is 1. The first-order valence-electron chi connectivity index (χ1n) is 10.3. The van der Waals surface area contributed by atoms with Crippen LogP contribution in [0.25, 0.3) is 0 Å². The highest BCUT2D eigenvalue weighted by atomic mass is 32.2. The van der Waals surface area contributed by atoms with Gasteiger partial charge in [0.25, 0.3) is 15.9 Å². The highest BCUT2D eigenvalue weighted by Gasteiger charge is 2.17. The van der Waals surface area contributed by atoms with Crippen LogP contribution in [0.2, 0.25) is 0 Å². The van der Waals surface area contributed by atoms with E-state index < -0.39 is 10.0 Å². The maximum atomic E-state index is 13.0. The van der Waals surface area contributed by atoms with Gasteiger partial charge in [-0.05, 0) is 79.1 Å². The number of benzene rings is 3. The van der Waals surface area contributed by atoms with Gasteiger partial charge >= 0.3 is 0 Å². The van der Waals surface area contributed by atoms with E-state index in [1.807, 2.05) is 26.0 Å². The molecule has 6 nitrogen and oxygen atoms in total. The van der Waals surface area contributed by atoms with E-state index in [1.165, 1.54) is 0 Å². The minimum atomic E-state index is -3.74. The topological polar surface area (TPSA) is 90.3 Å². The quantitative estimate of drug-likeness (QED) is 0.490. The Labute approximate surface area is 194 Å². The predicted octanol–water partition coefficient (Wildman–Crippen LogP) is 4.80. The Balaban J connectivity index is 1.75. The summed E-state index contributed by atoms with van der Waals surface area (Å²) in [6, 6.07) is 20.4. The van der Waals surface area contributed by atoms with E-state index >= 15 is 0 Å². The number of nitrogens with one attached hydrogen (secondary N) is 1. The summed E-state index contributed by atoms with van der Waals surface area (Å²) in [5.41, 5.74) is 4.15. The Morgan fingerprint density at radius 3 is 2.27 bits per heavy atom. The molecule has 3 rings (SSSR count). The molecule has 1 N–H and O–H groups in total. The van der Waals surface area contributed by atoms with E-state index in [0.717, 1.165) is 16.7 Å². The van der Waals surface area contributed by atoms with Crippen LogP contribution in [0.4, 0.5) is 5.69 Å². The van der Waals surface area contributed by atoms with Crippen molar-refractivity contribution >= 4 is 21.6 Å². The number of hydrogen-bond acceptors (Lipinski definition) is 4. The first-order chi connectivity index (χ1) is 15.7. The molecule has 0 aliphatic heterocycles. The molecule has 0 unspecified atom stereocenters. The van der Waals surface area contributed by atoms with Crippen LogP contribution in [0.3, 0.4) is 0 Å². The number of carbonyl (C=O) groups excluding carboxylic acids is 1. The van der Waals surface area contributed by atoms with Crippen LogP contribution in [0.15, 0.2) is 84.3 Å². The van der Waals surface area contributed by atoms with E-state index in [9.17, 15) is 13.2 Å². The average Bonchev–Trinajstić information content (AvgIpc) is 2.81. The fraction of sp³-hybridized carbons (Fsp3) is 0.154. The maximum absolute atomic E-state index is 13.0. The molecule has 1 amide bonds. The summed E-state index contributed by atoms with van der Waals surface area (Å²) in [5, 5.41) is 8.94. The normalized spacial score (nSPS) is 10.8. The molecule has 0 spiro atoms. The third-order valence-corrected chi connectivity index (χ3v) is 6.64. The molecule has 0 aromatic heterocycles.